The van der Waals surface area contributed by atoms with Crippen LogP contribution >= 0.6 is 0 Å². The zero-order valence-electron chi connectivity index (χ0n) is 21.8. The molecule has 3 aromatic carbocycles. The molecular weight excluding hydrogens is 480 g/mol. The third kappa shape index (κ3) is 5.02. The molecule has 1 aliphatic heterocycles. The zero-order chi connectivity index (χ0) is 26.6. The molecule has 1 aliphatic rings. The van der Waals surface area contributed by atoms with Crippen LogP contribution in [0.15, 0.2) is 78.0 Å². The molecule has 8 heteroatoms. The van der Waals surface area contributed by atoms with E-state index in [1.807, 2.05) is 42.5 Å². The predicted molar refractivity (Wildman–Crippen MR) is 146 cm³/mol. The van der Waals surface area contributed by atoms with Crippen molar-refractivity contribution in [1.82, 2.24) is 9.55 Å². The van der Waals surface area contributed by atoms with Gasteiger partial charge in [0.2, 0.25) is 0 Å². The van der Waals surface area contributed by atoms with Crippen molar-refractivity contribution >= 4 is 34.3 Å². The second-order valence-electron chi connectivity index (χ2n) is 9.66. The molecule has 1 aromatic heterocycles. The van der Waals surface area contributed by atoms with E-state index < -0.39 is 5.97 Å². The number of ether oxygens (including phenoxy) is 1. The monoisotopic (exact) mass is 510 g/mol. The number of esters is 1. The van der Waals surface area contributed by atoms with Crippen LogP contribution in [0.2, 0.25) is 0 Å². The quantitative estimate of drug-likeness (QED) is 0.224. The van der Waals surface area contributed by atoms with Gasteiger partial charge in [-0.15, -0.1) is 0 Å². The first-order valence-corrected chi connectivity index (χ1v) is 12.7. The molecule has 0 spiro atoms. The number of methoxy groups -OCH3 is 1. The number of imidazole rings is 1. The summed E-state index contributed by atoms with van der Waals surface area (Å²) in [5.74, 6) is 0.756. The van der Waals surface area contributed by atoms with E-state index in [9.17, 15) is 9.59 Å². The van der Waals surface area contributed by atoms with Crippen LogP contribution < -0.4 is 4.90 Å². The Morgan fingerprint density at radius 3 is 2.50 bits per heavy atom. The van der Waals surface area contributed by atoms with Gasteiger partial charge in [-0.25, -0.2) is 9.78 Å². The van der Waals surface area contributed by atoms with E-state index in [-0.39, 0.29) is 18.2 Å². The summed E-state index contributed by atoms with van der Waals surface area (Å²) in [6.45, 7) is 5.72. The lowest BCUT2D eigenvalue weighted by Gasteiger charge is -2.18. The number of aromatic nitrogens is 2. The average molecular weight is 511 g/mol. The van der Waals surface area contributed by atoms with Crippen LogP contribution in [-0.2, 0) is 34.1 Å². The topological polar surface area (TPSA) is 86.0 Å². The fraction of sp³-hybridized carbons (Fsp3) is 0.267. The molecule has 0 bridgehead atoms. The Hall–Kier alpha value is -4.46. The first kappa shape index (κ1) is 25.2. The maximum absolute atomic E-state index is 13.6. The largest absolute Gasteiger partial charge is 0.465 e. The van der Waals surface area contributed by atoms with Crippen LogP contribution in [0.1, 0.15) is 47.6 Å². The second kappa shape index (κ2) is 10.9. The molecule has 0 radical (unpaired) electrons. The molecule has 0 aliphatic carbocycles. The summed E-state index contributed by atoms with van der Waals surface area (Å²) in [6.07, 6.45) is 1.01. The van der Waals surface area contributed by atoms with Crippen molar-refractivity contribution in [3.63, 3.8) is 0 Å². The van der Waals surface area contributed by atoms with Crippen LogP contribution in [0, 0.1) is 5.92 Å². The van der Waals surface area contributed by atoms with Gasteiger partial charge in [0.25, 0.3) is 5.91 Å². The summed E-state index contributed by atoms with van der Waals surface area (Å²) < 4.78 is 6.95. The highest BCUT2D eigenvalue weighted by atomic mass is 16.6. The summed E-state index contributed by atoms with van der Waals surface area (Å²) in [7, 11) is 1.34. The van der Waals surface area contributed by atoms with Crippen LogP contribution in [0.25, 0.3) is 11.0 Å². The van der Waals surface area contributed by atoms with Gasteiger partial charge in [0.1, 0.15) is 12.4 Å². The normalized spacial score (nSPS) is 13.9. The predicted octanol–water partition coefficient (Wildman–Crippen LogP) is 5.34. The first-order chi connectivity index (χ1) is 18.5. The minimum atomic E-state index is -0.399. The van der Waals surface area contributed by atoms with Gasteiger partial charge in [0.15, 0.2) is 5.71 Å². The third-order valence-corrected chi connectivity index (χ3v) is 6.62. The molecule has 2 heterocycles. The lowest BCUT2D eigenvalue weighted by molar-refractivity contribution is -0.112. The van der Waals surface area contributed by atoms with Gasteiger partial charge >= 0.3 is 5.97 Å². The van der Waals surface area contributed by atoms with Crippen LogP contribution in [0.4, 0.5) is 5.69 Å². The molecule has 0 saturated carbocycles. The SMILES string of the molecule is COC(=O)c1ccc(CO/N=C2/C(=O)N(Cc3nc4ccccc4n3CCC(C)C)c3ccccc32)cc1. The Bertz CT molecular complexity index is 1500. The zero-order valence-corrected chi connectivity index (χ0v) is 21.8. The van der Waals surface area contributed by atoms with E-state index in [0.717, 1.165) is 46.6 Å². The summed E-state index contributed by atoms with van der Waals surface area (Å²) >= 11 is 0. The van der Waals surface area contributed by atoms with Gasteiger partial charge in [0, 0.05) is 12.1 Å². The lowest BCUT2D eigenvalue weighted by atomic mass is 10.1. The second-order valence-corrected chi connectivity index (χ2v) is 9.66. The molecule has 0 saturated heterocycles. The number of nitrogens with zero attached hydrogens (tertiary/aromatic N) is 4. The van der Waals surface area contributed by atoms with E-state index in [1.165, 1.54) is 7.11 Å². The maximum atomic E-state index is 13.6. The number of aryl methyl sites for hydroxylation is 1. The van der Waals surface area contributed by atoms with Crippen LogP contribution in [0.5, 0.6) is 0 Å². The number of rotatable bonds is 9. The molecular formula is C30H30N4O4. The molecule has 5 rings (SSSR count). The Morgan fingerprint density at radius 2 is 1.74 bits per heavy atom. The number of hydrogen-bond acceptors (Lipinski definition) is 6. The maximum Gasteiger partial charge on any atom is 0.337 e. The number of anilines is 1. The van der Waals surface area contributed by atoms with Gasteiger partial charge in [-0.2, -0.15) is 0 Å². The smallest absolute Gasteiger partial charge is 0.337 e. The molecule has 0 unspecified atom stereocenters. The Kier molecular flexibility index (Phi) is 7.22. The number of oxime groups is 1. The van der Waals surface area contributed by atoms with Crippen molar-refractivity contribution in [2.45, 2.75) is 40.0 Å². The molecule has 0 fully saturated rings. The van der Waals surface area contributed by atoms with Crippen LogP contribution in [0.3, 0.4) is 0 Å². The van der Waals surface area contributed by atoms with Crippen molar-refractivity contribution in [3.05, 3.63) is 95.3 Å². The summed E-state index contributed by atoms with van der Waals surface area (Å²) in [4.78, 5) is 37.4. The standard InChI is InChI=1S/C30H30N4O4/c1-20(2)16-17-33-26-11-7-5-9-24(26)31-27(33)18-34-25-10-6-4-8-23(25)28(29(34)35)32-38-19-21-12-14-22(15-13-21)30(36)37-3/h4-15,20H,16-19H2,1-3H3/b32-28+. The Balaban J connectivity index is 1.38. The molecule has 194 valence electrons. The van der Waals surface area contributed by atoms with E-state index in [2.05, 4.69) is 29.6 Å². The van der Waals surface area contributed by atoms with E-state index in [4.69, 9.17) is 14.6 Å². The highest BCUT2D eigenvalue weighted by molar-refractivity contribution is 6.54. The Labute approximate surface area is 221 Å². The molecule has 4 aromatic rings. The number of para-hydroxylation sites is 3. The van der Waals surface area contributed by atoms with Gasteiger partial charge in [-0.05, 0) is 48.2 Å². The van der Waals surface area contributed by atoms with Gasteiger partial charge in [-0.1, -0.05) is 61.5 Å². The summed E-state index contributed by atoms with van der Waals surface area (Å²) in [5.41, 5.74) is 5.03. The van der Waals surface area contributed by atoms with E-state index in [1.54, 1.807) is 29.2 Å². The minimum absolute atomic E-state index is 0.158. The van der Waals surface area contributed by atoms with Crippen molar-refractivity contribution in [2.24, 2.45) is 11.1 Å². The van der Waals surface area contributed by atoms with Crippen molar-refractivity contribution in [2.75, 3.05) is 12.0 Å². The molecule has 0 N–H and O–H groups in total. The van der Waals surface area contributed by atoms with Crippen LogP contribution in [-0.4, -0.2) is 34.2 Å². The highest BCUT2D eigenvalue weighted by Gasteiger charge is 2.35. The molecule has 8 nitrogen and oxygen atoms in total. The number of amides is 1. The van der Waals surface area contributed by atoms with E-state index in [0.29, 0.717) is 18.0 Å². The lowest BCUT2D eigenvalue weighted by Crippen LogP contribution is -2.31. The average Bonchev–Trinajstić information content (AvgIpc) is 3.42. The fourth-order valence-corrected chi connectivity index (χ4v) is 4.56. The third-order valence-electron chi connectivity index (χ3n) is 6.62. The van der Waals surface area contributed by atoms with Crippen molar-refractivity contribution in [1.29, 1.82) is 0 Å². The minimum Gasteiger partial charge on any atom is -0.465 e. The number of hydrogen-bond donors (Lipinski definition) is 0. The summed E-state index contributed by atoms with van der Waals surface area (Å²) in [5, 5.41) is 4.24. The fourth-order valence-electron chi connectivity index (χ4n) is 4.56. The number of carbonyl (C=O) groups excluding carboxylic acids is 2. The van der Waals surface area contributed by atoms with Crippen molar-refractivity contribution < 1.29 is 19.2 Å². The van der Waals surface area contributed by atoms with Gasteiger partial charge < -0.3 is 14.1 Å². The number of benzene rings is 3. The van der Waals surface area contributed by atoms with E-state index >= 15 is 0 Å². The molecule has 0 atom stereocenters. The highest BCUT2D eigenvalue weighted by Crippen LogP contribution is 2.31. The number of carbonyl (C=O) groups is 2. The molecule has 38 heavy (non-hydrogen) atoms. The van der Waals surface area contributed by atoms with Gasteiger partial charge in [0.05, 0.1) is 35.9 Å². The first-order valence-electron chi connectivity index (χ1n) is 12.7. The summed E-state index contributed by atoms with van der Waals surface area (Å²) in [6, 6.07) is 22.5. The molecule has 1 amide bonds. The number of fused-ring (bicyclic) bond motifs is 2. The van der Waals surface area contributed by atoms with Gasteiger partial charge in [-0.3, -0.25) is 9.69 Å². The Morgan fingerprint density at radius 1 is 1.00 bits per heavy atom. The van der Waals surface area contributed by atoms with Crippen molar-refractivity contribution in [3.8, 4) is 0 Å².